The SMILES string of the molecule is CN(Cc1cc(C(F)(F)F)cc(C(F)(F)F)c1)C(=O)Oc1oc(=O)c2ccccc2c1-c1ccc(F)cc1. The van der Waals surface area contributed by atoms with Crippen LogP contribution in [0.5, 0.6) is 5.95 Å². The van der Waals surface area contributed by atoms with Crippen molar-refractivity contribution in [1.29, 1.82) is 0 Å². The van der Waals surface area contributed by atoms with Crippen molar-refractivity contribution < 1.29 is 44.7 Å². The minimum absolute atomic E-state index is 0.0273. The van der Waals surface area contributed by atoms with Gasteiger partial charge in [-0.05, 0) is 47.5 Å². The lowest BCUT2D eigenvalue weighted by atomic mass is 10.0. The summed E-state index contributed by atoms with van der Waals surface area (Å²) in [6.45, 7) is -0.699. The molecule has 198 valence electrons. The van der Waals surface area contributed by atoms with Gasteiger partial charge in [-0.1, -0.05) is 30.3 Å². The number of rotatable bonds is 4. The molecule has 4 aromatic rings. The summed E-state index contributed by atoms with van der Waals surface area (Å²) in [5.74, 6) is -1.15. The number of nitrogens with zero attached hydrogens (tertiary/aromatic N) is 1. The van der Waals surface area contributed by atoms with Crippen LogP contribution in [0.1, 0.15) is 16.7 Å². The second-order valence-corrected chi connectivity index (χ2v) is 8.24. The molecule has 0 unspecified atom stereocenters. The first-order valence-electron chi connectivity index (χ1n) is 10.8. The van der Waals surface area contributed by atoms with Gasteiger partial charge in [0.05, 0.1) is 22.1 Å². The van der Waals surface area contributed by atoms with E-state index in [0.717, 1.165) is 19.2 Å². The van der Waals surface area contributed by atoms with Crippen LogP contribution in [0.25, 0.3) is 21.9 Å². The van der Waals surface area contributed by atoms with Crippen molar-refractivity contribution in [2.45, 2.75) is 18.9 Å². The first-order valence-corrected chi connectivity index (χ1v) is 10.8. The van der Waals surface area contributed by atoms with E-state index in [9.17, 15) is 40.3 Å². The molecule has 0 bridgehead atoms. The summed E-state index contributed by atoms with van der Waals surface area (Å²) in [5.41, 5.74) is -3.99. The smallest absolute Gasteiger partial charge is 0.388 e. The summed E-state index contributed by atoms with van der Waals surface area (Å²) >= 11 is 0. The topological polar surface area (TPSA) is 59.8 Å². The Morgan fingerprint density at radius 3 is 1.97 bits per heavy atom. The van der Waals surface area contributed by atoms with Crippen molar-refractivity contribution in [1.82, 2.24) is 4.90 Å². The summed E-state index contributed by atoms with van der Waals surface area (Å²) in [4.78, 5) is 26.0. The summed E-state index contributed by atoms with van der Waals surface area (Å²) < 4.78 is 103. The summed E-state index contributed by atoms with van der Waals surface area (Å²) in [6.07, 6.45) is -11.4. The molecule has 4 rings (SSSR count). The quantitative estimate of drug-likeness (QED) is 0.256. The van der Waals surface area contributed by atoms with Gasteiger partial charge in [0.2, 0.25) is 0 Å². The van der Waals surface area contributed by atoms with Crippen molar-refractivity contribution >= 4 is 16.9 Å². The van der Waals surface area contributed by atoms with E-state index in [1.54, 1.807) is 12.1 Å². The summed E-state index contributed by atoms with van der Waals surface area (Å²) in [5, 5.41) is 0.428. The van der Waals surface area contributed by atoms with Crippen LogP contribution in [0.4, 0.5) is 35.5 Å². The Labute approximate surface area is 209 Å². The van der Waals surface area contributed by atoms with Crippen LogP contribution < -0.4 is 10.4 Å². The lowest BCUT2D eigenvalue weighted by Crippen LogP contribution is -2.30. The average Bonchev–Trinajstić information content (AvgIpc) is 2.84. The molecule has 12 heteroatoms. The molecule has 1 amide bonds. The molecule has 1 aromatic heterocycles. The minimum Gasteiger partial charge on any atom is -0.388 e. The second kappa shape index (κ2) is 9.84. The molecule has 5 nitrogen and oxygen atoms in total. The van der Waals surface area contributed by atoms with Gasteiger partial charge in [0.15, 0.2) is 0 Å². The third-order valence-corrected chi connectivity index (χ3v) is 5.50. The highest BCUT2D eigenvalue weighted by atomic mass is 19.4. The molecule has 1 heterocycles. The van der Waals surface area contributed by atoms with Crippen molar-refractivity contribution in [3.63, 3.8) is 0 Å². The molecule has 0 saturated heterocycles. The van der Waals surface area contributed by atoms with Gasteiger partial charge in [-0.3, -0.25) is 0 Å². The Morgan fingerprint density at radius 1 is 0.868 bits per heavy atom. The molecule has 38 heavy (non-hydrogen) atoms. The van der Waals surface area contributed by atoms with Crippen molar-refractivity contribution in [2.24, 2.45) is 0 Å². The van der Waals surface area contributed by atoms with Crippen LogP contribution in [0.15, 0.2) is 75.9 Å². The Balaban J connectivity index is 1.70. The van der Waals surface area contributed by atoms with Gasteiger partial charge in [-0.25, -0.2) is 14.0 Å². The van der Waals surface area contributed by atoms with Crippen LogP contribution >= 0.6 is 0 Å². The second-order valence-electron chi connectivity index (χ2n) is 8.24. The molecule has 0 fully saturated rings. The third-order valence-electron chi connectivity index (χ3n) is 5.50. The van der Waals surface area contributed by atoms with E-state index < -0.39 is 59.1 Å². The maximum absolute atomic E-state index is 13.5. The fourth-order valence-corrected chi connectivity index (χ4v) is 3.75. The van der Waals surface area contributed by atoms with E-state index in [0.29, 0.717) is 28.0 Å². The van der Waals surface area contributed by atoms with Gasteiger partial charge in [0.25, 0.3) is 0 Å². The van der Waals surface area contributed by atoms with Crippen LogP contribution in [-0.2, 0) is 18.9 Å². The van der Waals surface area contributed by atoms with Crippen molar-refractivity contribution in [3.05, 3.63) is 99.7 Å². The van der Waals surface area contributed by atoms with E-state index in [-0.39, 0.29) is 17.0 Å². The summed E-state index contributed by atoms with van der Waals surface area (Å²) in [6, 6.07) is 12.0. The molecular formula is C26H16F7NO4. The predicted molar refractivity (Wildman–Crippen MR) is 122 cm³/mol. The normalized spacial score (nSPS) is 12.0. The average molecular weight is 539 g/mol. The number of hydrogen-bond acceptors (Lipinski definition) is 4. The standard InChI is InChI=1S/C26H16F7NO4/c1-34(13-14-10-16(25(28,29)30)12-17(11-14)26(31,32)33)24(36)38-23-21(15-6-8-18(27)9-7-15)19-4-2-3-5-20(19)22(35)37-23/h2-12H,13H2,1H3. The highest BCUT2D eigenvalue weighted by molar-refractivity contribution is 5.98. The maximum atomic E-state index is 13.5. The van der Waals surface area contributed by atoms with Gasteiger partial charge in [0, 0.05) is 19.0 Å². The molecule has 0 aliphatic rings. The molecule has 0 aliphatic carbocycles. The molecule has 0 N–H and O–H groups in total. The molecule has 0 radical (unpaired) electrons. The van der Waals surface area contributed by atoms with E-state index in [2.05, 4.69) is 0 Å². The number of amides is 1. The zero-order valence-corrected chi connectivity index (χ0v) is 19.3. The van der Waals surface area contributed by atoms with Crippen molar-refractivity contribution in [2.75, 3.05) is 7.05 Å². The number of carbonyl (C=O) groups is 1. The molecule has 0 aliphatic heterocycles. The highest BCUT2D eigenvalue weighted by Crippen LogP contribution is 2.38. The molecule has 0 saturated carbocycles. The van der Waals surface area contributed by atoms with Crippen LogP contribution in [-0.4, -0.2) is 18.0 Å². The fourth-order valence-electron chi connectivity index (χ4n) is 3.75. The van der Waals surface area contributed by atoms with Gasteiger partial charge in [0.1, 0.15) is 5.82 Å². The van der Waals surface area contributed by atoms with E-state index in [4.69, 9.17) is 9.15 Å². The van der Waals surface area contributed by atoms with Crippen LogP contribution in [0.2, 0.25) is 0 Å². The van der Waals surface area contributed by atoms with Gasteiger partial charge in [-0.15, -0.1) is 0 Å². The fraction of sp³-hybridized carbons (Fsp3) is 0.154. The molecule has 0 atom stereocenters. The van der Waals surface area contributed by atoms with E-state index in [1.807, 2.05) is 0 Å². The zero-order valence-electron chi connectivity index (χ0n) is 19.3. The maximum Gasteiger partial charge on any atom is 0.417 e. The van der Waals surface area contributed by atoms with E-state index >= 15 is 0 Å². The number of alkyl halides is 6. The number of fused-ring (bicyclic) bond motifs is 1. The first kappa shape index (κ1) is 26.7. The number of halogens is 7. The van der Waals surface area contributed by atoms with Gasteiger partial charge < -0.3 is 14.1 Å². The number of carbonyl (C=O) groups excluding carboxylic acids is 1. The Hall–Kier alpha value is -4.35. The lowest BCUT2D eigenvalue weighted by Gasteiger charge is -2.20. The molecular weight excluding hydrogens is 523 g/mol. The predicted octanol–water partition coefficient (Wildman–Crippen LogP) is 7.27. The monoisotopic (exact) mass is 539 g/mol. The van der Waals surface area contributed by atoms with Crippen LogP contribution in [0, 0.1) is 5.82 Å². The largest absolute Gasteiger partial charge is 0.417 e. The van der Waals surface area contributed by atoms with Gasteiger partial charge in [-0.2, -0.15) is 26.3 Å². The lowest BCUT2D eigenvalue weighted by molar-refractivity contribution is -0.143. The Morgan fingerprint density at radius 2 is 1.42 bits per heavy atom. The Kier molecular flexibility index (Phi) is 6.92. The molecule has 3 aromatic carbocycles. The Bertz CT molecular complexity index is 1530. The zero-order chi connectivity index (χ0) is 27.8. The highest BCUT2D eigenvalue weighted by Gasteiger charge is 2.37. The summed E-state index contributed by atoms with van der Waals surface area (Å²) in [7, 11) is 1.08. The van der Waals surface area contributed by atoms with Crippen LogP contribution in [0.3, 0.4) is 0 Å². The first-order chi connectivity index (χ1) is 17.7. The van der Waals surface area contributed by atoms with Gasteiger partial charge >= 0.3 is 30.0 Å². The number of ether oxygens (including phenoxy) is 1. The minimum atomic E-state index is -5.06. The number of benzene rings is 3. The number of hydrogen-bond donors (Lipinski definition) is 0. The van der Waals surface area contributed by atoms with Crippen molar-refractivity contribution in [3.8, 4) is 17.1 Å². The molecule has 0 spiro atoms. The van der Waals surface area contributed by atoms with E-state index in [1.165, 1.54) is 24.3 Å². The third kappa shape index (κ3) is 5.63.